The van der Waals surface area contributed by atoms with E-state index in [-0.39, 0.29) is 0 Å². The second-order valence-corrected chi connectivity index (χ2v) is 9.79. The van der Waals surface area contributed by atoms with Crippen LogP contribution in [0.2, 0.25) is 0 Å². The summed E-state index contributed by atoms with van der Waals surface area (Å²) in [4.78, 5) is 0. The van der Waals surface area contributed by atoms with Crippen LogP contribution in [0.5, 0.6) is 0 Å². The van der Waals surface area contributed by atoms with Crippen LogP contribution in [0.25, 0.3) is 0 Å². The van der Waals surface area contributed by atoms with Gasteiger partial charge in [0.05, 0.1) is 0 Å². The summed E-state index contributed by atoms with van der Waals surface area (Å²) < 4.78 is 26.6. The lowest BCUT2D eigenvalue weighted by atomic mass is 9.72. The molecule has 0 aromatic heterocycles. The van der Waals surface area contributed by atoms with Gasteiger partial charge in [0.1, 0.15) is 0 Å². The van der Waals surface area contributed by atoms with E-state index in [1.54, 1.807) is 6.07 Å². The van der Waals surface area contributed by atoms with E-state index in [2.05, 4.69) is 0 Å². The molecule has 4 rings (SSSR count). The van der Waals surface area contributed by atoms with Crippen molar-refractivity contribution in [3.05, 3.63) is 35.4 Å². The third-order valence-corrected chi connectivity index (χ3v) is 8.20. The fourth-order valence-electron chi connectivity index (χ4n) is 6.40. The molecule has 0 N–H and O–H groups in total. The first kappa shape index (κ1) is 19.4. The topological polar surface area (TPSA) is 0 Å². The molecule has 3 fully saturated rings. The Bertz CT molecular complexity index is 588. The minimum atomic E-state index is -0.727. The molecule has 0 bridgehead atoms. The van der Waals surface area contributed by atoms with Gasteiger partial charge in [-0.3, -0.25) is 0 Å². The van der Waals surface area contributed by atoms with Gasteiger partial charge in [0.2, 0.25) is 0 Å². The van der Waals surface area contributed by atoms with Gasteiger partial charge in [-0.05, 0) is 85.8 Å². The minimum absolute atomic E-state index is 0.429. The molecule has 27 heavy (non-hydrogen) atoms. The number of halogens is 2. The molecular formula is C25H36F2. The Morgan fingerprint density at radius 1 is 0.630 bits per heavy atom. The summed E-state index contributed by atoms with van der Waals surface area (Å²) in [5.74, 6) is 2.97. The number of hydrogen-bond donors (Lipinski definition) is 0. The van der Waals surface area contributed by atoms with Crippen LogP contribution in [0.4, 0.5) is 8.78 Å². The van der Waals surface area contributed by atoms with E-state index >= 15 is 0 Å². The van der Waals surface area contributed by atoms with E-state index in [1.807, 2.05) is 0 Å². The van der Waals surface area contributed by atoms with Crippen molar-refractivity contribution in [1.82, 2.24) is 0 Å². The monoisotopic (exact) mass is 374 g/mol. The Labute approximate surface area is 164 Å². The van der Waals surface area contributed by atoms with Crippen molar-refractivity contribution in [3.63, 3.8) is 0 Å². The zero-order valence-corrected chi connectivity index (χ0v) is 16.8. The Morgan fingerprint density at radius 2 is 1.19 bits per heavy atom. The highest BCUT2D eigenvalue weighted by Crippen LogP contribution is 2.43. The summed E-state index contributed by atoms with van der Waals surface area (Å²) in [6.45, 7) is 0. The van der Waals surface area contributed by atoms with Gasteiger partial charge in [0, 0.05) is 0 Å². The van der Waals surface area contributed by atoms with Gasteiger partial charge in [-0.25, -0.2) is 8.78 Å². The molecule has 150 valence electrons. The highest BCUT2D eigenvalue weighted by Gasteiger charge is 2.30. The first-order valence-corrected chi connectivity index (χ1v) is 11.6. The van der Waals surface area contributed by atoms with Crippen LogP contribution in [-0.4, -0.2) is 0 Å². The van der Waals surface area contributed by atoms with Gasteiger partial charge >= 0.3 is 0 Å². The zero-order chi connectivity index (χ0) is 18.6. The standard InChI is InChI=1S/C25H36F2/c26-24-16-15-23(17-25(24)27)22-13-9-19(10-14-22)6-5-18-7-11-21(12-8-18)20-3-1-2-4-20/h15-22H,1-14H2/t18-,19-,21-,22-. The van der Waals surface area contributed by atoms with Crippen LogP contribution in [0.3, 0.4) is 0 Å². The maximum absolute atomic E-state index is 13.5. The average molecular weight is 375 g/mol. The lowest BCUT2D eigenvalue weighted by Crippen LogP contribution is -2.21. The van der Waals surface area contributed by atoms with Crippen molar-refractivity contribution in [2.75, 3.05) is 0 Å². The average Bonchev–Trinajstić information content (AvgIpc) is 3.24. The van der Waals surface area contributed by atoms with Crippen LogP contribution in [0, 0.1) is 35.3 Å². The van der Waals surface area contributed by atoms with E-state index in [9.17, 15) is 8.78 Å². The summed E-state index contributed by atoms with van der Waals surface area (Å²) >= 11 is 0. The number of benzene rings is 1. The number of hydrogen-bond acceptors (Lipinski definition) is 0. The largest absolute Gasteiger partial charge is 0.204 e. The molecule has 2 heteroatoms. The molecule has 0 atom stereocenters. The third-order valence-electron chi connectivity index (χ3n) is 8.20. The summed E-state index contributed by atoms with van der Waals surface area (Å²) in [5.41, 5.74) is 0.998. The zero-order valence-electron chi connectivity index (χ0n) is 16.8. The summed E-state index contributed by atoms with van der Waals surface area (Å²) in [6.07, 6.45) is 19.6. The van der Waals surface area contributed by atoms with E-state index in [0.717, 1.165) is 42.1 Å². The van der Waals surface area contributed by atoms with Crippen molar-refractivity contribution >= 4 is 0 Å². The summed E-state index contributed by atoms with van der Waals surface area (Å²) in [5, 5.41) is 0. The molecule has 1 aromatic carbocycles. The molecule has 3 aliphatic carbocycles. The molecule has 0 unspecified atom stereocenters. The van der Waals surface area contributed by atoms with E-state index in [1.165, 1.54) is 89.2 Å². The second kappa shape index (κ2) is 9.05. The third kappa shape index (κ3) is 4.93. The Morgan fingerprint density at radius 3 is 1.78 bits per heavy atom. The summed E-state index contributed by atoms with van der Waals surface area (Å²) in [6, 6.07) is 4.49. The van der Waals surface area contributed by atoms with Gasteiger partial charge in [-0.15, -0.1) is 0 Å². The van der Waals surface area contributed by atoms with Crippen LogP contribution in [0.15, 0.2) is 18.2 Å². The number of rotatable bonds is 5. The predicted octanol–water partition coefficient (Wildman–Crippen LogP) is 8.02. The lowest BCUT2D eigenvalue weighted by Gasteiger charge is -2.34. The van der Waals surface area contributed by atoms with E-state index in [4.69, 9.17) is 0 Å². The minimum Gasteiger partial charge on any atom is -0.204 e. The smallest absolute Gasteiger partial charge is 0.159 e. The SMILES string of the molecule is Fc1ccc([C@H]2CC[C@H](CC[C@H]3CC[C@H](C4CCCC4)CC3)CC2)cc1F. The van der Waals surface area contributed by atoms with Crippen LogP contribution in [-0.2, 0) is 0 Å². The highest BCUT2D eigenvalue weighted by atomic mass is 19.2. The molecule has 1 aromatic rings. The molecule has 0 nitrogen and oxygen atoms in total. The molecule has 0 saturated heterocycles. The molecule has 0 amide bonds. The normalized spacial score (nSPS) is 32.7. The van der Waals surface area contributed by atoms with Crippen LogP contribution in [0.1, 0.15) is 101 Å². The quantitative estimate of drug-likeness (QED) is 0.489. The second-order valence-electron chi connectivity index (χ2n) is 9.79. The Hall–Kier alpha value is -0.920. The van der Waals surface area contributed by atoms with Gasteiger partial charge in [-0.1, -0.05) is 57.4 Å². The van der Waals surface area contributed by atoms with Crippen LogP contribution < -0.4 is 0 Å². The maximum Gasteiger partial charge on any atom is 0.159 e. The molecule has 0 spiro atoms. The highest BCUT2D eigenvalue weighted by molar-refractivity contribution is 5.22. The predicted molar refractivity (Wildman–Crippen MR) is 108 cm³/mol. The maximum atomic E-state index is 13.5. The summed E-state index contributed by atoms with van der Waals surface area (Å²) in [7, 11) is 0. The fraction of sp³-hybridized carbons (Fsp3) is 0.760. The first-order chi connectivity index (χ1) is 13.2. The molecular weight excluding hydrogens is 338 g/mol. The van der Waals surface area contributed by atoms with E-state index in [0.29, 0.717) is 5.92 Å². The van der Waals surface area contributed by atoms with Gasteiger partial charge < -0.3 is 0 Å². The Balaban J connectivity index is 1.16. The molecule has 3 saturated carbocycles. The van der Waals surface area contributed by atoms with Gasteiger partial charge in [0.15, 0.2) is 11.6 Å². The van der Waals surface area contributed by atoms with Crippen molar-refractivity contribution in [1.29, 1.82) is 0 Å². The van der Waals surface area contributed by atoms with Crippen molar-refractivity contribution in [2.45, 2.75) is 95.8 Å². The van der Waals surface area contributed by atoms with Crippen molar-refractivity contribution in [2.24, 2.45) is 23.7 Å². The van der Waals surface area contributed by atoms with Crippen LogP contribution >= 0.6 is 0 Å². The van der Waals surface area contributed by atoms with Gasteiger partial charge in [-0.2, -0.15) is 0 Å². The van der Waals surface area contributed by atoms with E-state index < -0.39 is 11.6 Å². The van der Waals surface area contributed by atoms with Crippen molar-refractivity contribution in [3.8, 4) is 0 Å². The van der Waals surface area contributed by atoms with Gasteiger partial charge in [0.25, 0.3) is 0 Å². The Kier molecular flexibility index (Phi) is 6.50. The first-order valence-electron chi connectivity index (χ1n) is 11.6. The molecule has 0 heterocycles. The molecule has 0 aliphatic heterocycles. The lowest BCUT2D eigenvalue weighted by molar-refractivity contribution is 0.187. The molecule has 0 radical (unpaired) electrons. The molecule has 3 aliphatic rings. The van der Waals surface area contributed by atoms with Crippen molar-refractivity contribution < 1.29 is 8.78 Å². The fourth-order valence-corrected chi connectivity index (χ4v) is 6.40.